The second-order valence-electron chi connectivity index (χ2n) is 6.26. The van der Waals surface area contributed by atoms with E-state index < -0.39 is 29.2 Å². The number of hydrogen-bond acceptors (Lipinski definition) is 7. The van der Waals surface area contributed by atoms with E-state index in [1.807, 2.05) is 6.92 Å². The predicted molar refractivity (Wildman–Crippen MR) is 90.1 cm³/mol. The lowest BCUT2D eigenvalue weighted by molar-refractivity contribution is 0.0498. The van der Waals surface area contributed by atoms with E-state index in [9.17, 15) is 19.8 Å². The first-order valence-corrected chi connectivity index (χ1v) is 7.96. The number of esters is 1. The van der Waals surface area contributed by atoms with Gasteiger partial charge in [-0.25, -0.2) is 9.59 Å². The third-order valence-corrected chi connectivity index (χ3v) is 2.74. The second kappa shape index (κ2) is 9.00. The summed E-state index contributed by atoms with van der Waals surface area (Å²) in [5.74, 6) is -1.63. The van der Waals surface area contributed by atoms with E-state index in [-0.39, 0.29) is 31.1 Å². The van der Waals surface area contributed by atoms with Crippen LogP contribution in [0, 0.1) is 0 Å². The molecule has 1 amide bonds. The third-order valence-electron chi connectivity index (χ3n) is 2.74. The summed E-state index contributed by atoms with van der Waals surface area (Å²) in [5.41, 5.74) is -0.591. The molecule has 1 aromatic rings. The van der Waals surface area contributed by atoms with Crippen LogP contribution in [0.25, 0.3) is 0 Å². The van der Waals surface area contributed by atoms with Gasteiger partial charge in [0.1, 0.15) is 12.2 Å². The van der Waals surface area contributed by atoms with Gasteiger partial charge in [-0.05, 0) is 39.3 Å². The molecule has 1 rings (SSSR count). The largest absolute Gasteiger partial charge is 0.504 e. The van der Waals surface area contributed by atoms with Crippen LogP contribution in [-0.4, -0.2) is 47.6 Å². The number of carbonyl (C=O) groups is 2. The van der Waals surface area contributed by atoms with Crippen LogP contribution < -0.4 is 10.1 Å². The van der Waals surface area contributed by atoms with Crippen molar-refractivity contribution in [2.75, 3.05) is 19.8 Å². The minimum Gasteiger partial charge on any atom is -0.504 e. The average molecular weight is 355 g/mol. The summed E-state index contributed by atoms with van der Waals surface area (Å²) in [7, 11) is 0. The number of nitrogens with one attached hydrogen (secondary N) is 1. The van der Waals surface area contributed by atoms with E-state index >= 15 is 0 Å². The summed E-state index contributed by atoms with van der Waals surface area (Å²) in [5, 5.41) is 22.3. The van der Waals surface area contributed by atoms with Crippen LogP contribution in [0.3, 0.4) is 0 Å². The molecule has 1 aromatic carbocycles. The van der Waals surface area contributed by atoms with Crippen molar-refractivity contribution in [2.45, 2.75) is 39.7 Å². The molecule has 0 fully saturated rings. The van der Waals surface area contributed by atoms with Crippen LogP contribution in [-0.2, 0) is 9.47 Å². The smallest absolute Gasteiger partial charge is 0.407 e. The molecule has 3 N–H and O–H groups in total. The highest BCUT2D eigenvalue weighted by Gasteiger charge is 2.17. The zero-order valence-corrected chi connectivity index (χ0v) is 14.9. The van der Waals surface area contributed by atoms with Crippen molar-refractivity contribution in [1.29, 1.82) is 0 Å². The Bertz CT molecular complexity index is 584. The summed E-state index contributed by atoms with van der Waals surface area (Å²) < 4.78 is 15.2. The lowest BCUT2D eigenvalue weighted by Crippen LogP contribution is -2.34. The molecule has 8 nitrogen and oxygen atoms in total. The highest BCUT2D eigenvalue weighted by atomic mass is 16.6. The average Bonchev–Trinajstić information content (AvgIpc) is 2.49. The van der Waals surface area contributed by atoms with Crippen molar-refractivity contribution < 1.29 is 34.0 Å². The number of alkyl carbamates (subject to hydrolysis) is 1. The first-order chi connectivity index (χ1) is 11.6. The Morgan fingerprint density at radius 2 is 1.72 bits per heavy atom. The Labute approximate surface area is 146 Å². The van der Waals surface area contributed by atoms with Gasteiger partial charge in [0.15, 0.2) is 11.5 Å². The van der Waals surface area contributed by atoms with Crippen LogP contribution in [0.1, 0.15) is 44.5 Å². The first kappa shape index (κ1) is 20.4. The Balaban J connectivity index is 2.57. The highest BCUT2D eigenvalue weighted by molar-refractivity contribution is 5.91. The van der Waals surface area contributed by atoms with Crippen LogP contribution in [0.2, 0.25) is 0 Å². The van der Waals surface area contributed by atoms with Crippen molar-refractivity contribution in [3.63, 3.8) is 0 Å². The second-order valence-corrected chi connectivity index (χ2v) is 6.26. The molecule has 0 aromatic heterocycles. The molecular weight excluding hydrogens is 330 g/mol. The quantitative estimate of drug-likeness (QED) is 0.509. The molecular formula is C17H25NO7. The standard InChI is InChI=1S/C17H25NO7/c1-5-7-24-15(21)11-9-12(19)14(13(20)10-11)23-8-6-18-16(22)25-17(2,3)4/h9-10,19-20H,5-8H2,1-4H3,(H,18,22). The third kappa shape index (κ3) is 7.19. The van der Waals surface area contributed by atoms with E-state index in [0.717, 1.165) is 12.1 Å². The van der Waals surface area contributed by atoms with Crippen LogP contribution in [0.5, 0.6) is 17.2 Å². The maximum absolute atomic E-state index is 11.7. The van der Waals surface area contributed by atoms with Gasteiger partial charge in [-0.15, -0.1) is 0 Å². The van der Waals surface area contributed by atoms with Crippen molar-refractivity contribution in [3.05, 3.63) is 17.7 Å². The monoisotopic (exact) mass is 355 g/mol. The Morgan fingerprint density at radius 3 is 2.24 bits per heavy atom. The van der Waals surface area contributed by atoms with Gasteiger partial charge in [0.2, 0.25) is 5.75 Å². The summed E-state index contributed by atoms with van der Waals surface area (Å²) in [6.07, 6.45) is 0.0637. The minimum absolute atomic E-state index is 0.0139. The Kier molecular flexibility index (Phi) is 7.35. The SMILES string of the molecule is CCCOC(=O)c1cc(O)c(OCCNC(=O)OC(C)(C)C)c(O)c1. The summed E-state index contributed by atoms with van der Waals surface area (Å²) in [6, 6.07) is 2.29. The molecule has 0 atom stereocenters. The fourth-order valence-electron chi connectivity index (χ4n) is 1.76. The van der Waals surface area contributed by atoms with Gasteiger partial charge in [0, 0.05) is 0 Å². The highest BCUT2D eigenvalue weighted by Crippen LogP contribution is 2.37. The van der Waals surface area contributed by atoms with Gasteiger partial charge in [0.05, 0.1) is 18.7 Å². The fraction of sp³-hybridized carbons (Fsp3) is 0.529. The number of ether oxygens (including phenoxy) is 3. The van der Waals surface area contributed by atoms with Gasteiger partial charge in [0.25, 0.3) is 0 Å². The Morgan fingerprint density at radius 1 is 1.12 bits per heavy atom. The number of carbonyl (C=O) groups excluding carboxylic acids is 2. The summed E-state index contributed by atoms with van der Waals surface area (Å²) in [6.45, 7) is 7.41. The molecule has 8 heteroatoms. The van der Waals surface area contributed by atoms with Gasteiger partial charge in [-0.1, -0.05) is 6.92 Å². The number of aromatic hydroxyl groups is 2. The molecule has 0 radical (unpaired) electrons. The van der Waals surface area contributed by atoms with E-state index in [2.05, 4.69) is 5.32 Å². The normalized spacial score (nSPS) is 10.9. The minimum atomic E-state index is -0.648. The Hall–Kier alpha value is -2.64. The van der Waals surface area contributed by atoms with Crippen molar-refractivity contribution >= 4 is 12.1 Å². The zero-order valence-electron chi connectivity index (χ0n) is 14.9. The van der Waals surface area contributed by atoms with E-state index in [0.29, 0.717) is 6.42 Å². The number of amides is 1. The fourth-order valence-corrected chi connectivity index (χ4v) is 1.76. The van der Waals surface area contributed by atoms with Crippen LogP contribution in [0.15, 0.2) is 12.1 Å². The molecule has 0 spiro atoms. The maximum atomic E-state index is 11.7. The number of phenolic OH excluding ortho intramolecular Hbond substituents is 2. The number of phenols is 2. The van der Waals surface area contributed by atoms with Crippen molar-refractivity contribution in [3.8, 4) is 17.2 Å². The van der Waals surface area contributed by atoms with Crippen molar-refractivity contribution in [1.82, 2.24) is 5.32 Å². The van der Waals surface area contributed by atoms with Gasteiger partial charge in [-0.2, -0.15) is 0 Å². The topological polar surface area (TPSA) is 114 Å². The molecule has 0 bridgehead atoms. The lowest BCUT2D eigenvalue weighted by atomic mass is 10.2. The molecule has 0 aliphatic carbocycles. The predicted octanol–water partition coefficient (Wildman–Crippen LogP) is 2.57. The molecule has 25 heavy (non-hydrogen) atoms. The molecule has 0 aliphatic heterocycles. The molecule has 0 aliphatic rings. The molecule has 0 saturated heterocycles. The lowest BCUT2D eigenvalue weighted by Gasteiger charge is -2.19. The van der Waals surface area contributed by atoms with Crippen LogP contribution >= 0.6 is 0 Å². The molecule has 0 saturated carbocycles. The van der Waals surface area contributed by atoms with Crippen molar-refractivity contribution in [2.24, 2.45) is 0 Å². The molecule has 0 unspecified atom stereocenters. The number of rotatable bonds is 7. The first-order valence-electron chi connectivity index (χ1n) is 7.96. The van der Waals surface area contributed by atoms with E-state index in [1.165, 1.54) is 0 Å². The summed E-state index contributed by atoms with van der Waals surface area (Å²) >= 11 is 0. The van der Waals surface area contributed by atoms with E-state index in [1.54, 1.807) is 20.8 Å². The number of hydrogen-bond donors (Lipinski definition) is 3. The van der Waals surface area contributed by atoms with Gasteiger partial charge >= 0.3 is 12.1 Å². The molecule has 140 valence electrons. The zero-order chi connectivity index (χ0) is 19.0. The number of benzene rings is 1. The summed E-state index contributed by atoms with van der Waals surface area (Å²) in [4.78, 5) is 23.2. The maximum Gasteiger partial charge on any atom is 0.407 e. The van der Waals surface area contributed by atoms with E-state index in [4.69, 9.17) is 14.2 Å². The van der Waals surface area contributed by atoms with Crippen LogP contribution in [0.4, 0.5) is 4.79 Å². The van der Waals surface area contributed by atoms with Gasteiger partial charge in [-0.3, -0.25) is 0 Å². The molecule has 0 heterocycles. The van der Waals surface area contributed by atoms with Gasteiger partial charge < -0.3 is 29.7 Å².